The number of hydrogen-bond acceptors (Lipinski definition) is 6. The van der Waals surface area contributed by atoms with Crippen LogP contribution in [0.15, 0.2) is 240 Å². The highest BCUT2D eigenvalue weighted by Crippen LogP contribution is 2.52. The van der Waals surface area contributed by atoms with E-state index in [1.807, 2.05) is 109 Å². The number of nitrogens with zero attached hydrogens (tertiary/aromatic N) is 5. The van der Waals surface area contributed by atoms with Crippen LogP contribution in [0.25, 0.3) is 5.69 Å². The summed E-state index contributed by atoms with van der Waals surface area (Å²) in [5.74, 6) is 0.761. The summed E-state index contributed by atoms with van der Waals surface area (Å²) < 4.78 is 13.7. The molecule has 0 spiro atoms. The fourth-order valence-corrected chi connectivity index (χ4v) is 15.3. The van der Waals surface area contributed by atoms with Gasteiger partial charge in [0.1, 0.15) is 0 Å². The third-order valence-electron chi connectivity index (χ3n) is 11.3. The number of aryl methyl sites for hydroxylation is 1. The summed E-state index contributed by atoms with van der Waals surface area (Å²) in [4.78, 5) is 12.0. The lowest BCUT2D eigenvalue weighted by atomic mass is 10.1. The Kier molecular flexibility index (Phi) is 12.5. The zero-order valence-electron chi connectivity index (χ0n) is 35.3. The number of nitro groups is 1. The number of rotatable bonds is 14. The first-order chi connectivity index (χ1) is 31.5. The lowest BCUT2D eigenvalue weighted by Crippen LogP contribution is -2.25. The quantitative estimate of drug-likeness (QED) is 0.0668. The normalized spacial score (nSPS) is 11.5. The predicted molar refractivity (Wildman–Crippen MR) is 266 cm³/mol. The van der Waals surface area contributed by atoms with Crippen molar-refractivity contribution in [2.45, 2.75) is 20.0 Å². The monoisotopic (exact) mass is 872 g/mol. The molecule has 64 heavy (non-hydrogen) atoms. The van der Waals surface area contributed by atoms with E-state index >= 15 is 0 Å². The molecule has 0 atom stereocenters. The van der Waals surface area contributed by atoms with Crippen LogP contribution in [0, 0.1) is 17.0 Å². The van der Waals surface area contributed by atoms with Crippen molar-refractivity contribution in [3.8, 4) is 5.69 Å². The van der Waals surface area contributed by atoms with Crippen LogP contribution >= 0.6 is 14.1 Å². The highest BCUT2D eigenvalue weighted by Gasteiger charge is 2.31. The van der Waals surface area contributed by atoms with Gasteiger partial charge < -0.3 is 5.32 Å². The molecule has 1 aromatic heterocycles. The Bertz CT molecular complexity index is 2910. The molecule has 0 saturated carbocycles. The van der Waals surface area contributed by atoms with E-state index in [1.54, 1.807) is 12.1 Å². The summed E-state index contributed by atoms with van der Waals surface area (Å²) in [6, 6.07) is 77.9. The SMILES string of the molecule is Cc1nn(-c2ccccc2)c(N=P(c2ccccc2)(c2ccccc2)c2ccccc2)c1CNCc1ccc([N+](=O)[O-])cc1N=P(c1ccccc1)(c1ccccc1)c1ccccc1. The van der Waals surface area contributed by atoms with E-state index in [2.05, 4.69) is 127 Å². The highest BCUT2D eigenvalue weighted by molar-refractivity contribution is 7.88. The molecule has 0 unspecified atom stereocenters. The van der Waals surface area contributed by atoms with Crippen molar-refractivity contribution in [1.82, 2.24) is 15.1 Å². The maximum atomic E-state index is 12.4. The van der Waals surface area contributed by atoms with Gasteiger partial charge in [-0.2, -0.15) is 5.10 Å². The third kappa shape index (κ3) is 8.35. The summed E-state index contributed by atoms with van der Waals surface area (Å²) in [7, 11) is -5.45. The van der Waals surface area contributed by atoms with Crippen LogP contribution in [0.1, 0.15) is 16.8 Å². The van der Waals surface area contributed by atoms with Crippen LogP contribution in [0.3, 0.4) is 0 Å². The van der Waals surface area contributed by atoms with Gasteiger partial charge in [-0.25, -0.2) is 9.43 Å². The van der Waals surface area contributed by atoms with Gasteiger partial charge in [0, 0.05) is 62.6 Å². The number of aromatic nitrogens is 2. The molecule has 8 nitrogen and oxygen atoms in total. The maximum absolute atomic E-state index is 12.4. The van der Waals surface area contributed by atoms with Crippen molar-refractivity contribution in [3.05, 3.63) is 257 Å². The smallest absolute Gasteiger partial charge is 0.271 e. The first kappa shape index (κ1) is 42.1. The van der Waals surface area contributed by atoms with Crippen molar-refractivity contribution >= 4 is 63.1 Å². The molecule has 0 aliphatic carbocycles. The minimum atomic E-state index is -2.75. The molecule has 0 bridgehead atoms. The van der Waals surface area contributed by atoms with Gasteiger partial charge in [0.05, 0.1) is 36.1 Å². The molecular formula is C54H46N6O2P2. The molecule has 8 aromatic carbocycles. The summed E-state index contributed by atoms with van der Waals surface area (Å²) >= 11 is 0. The average Bonchev–Trinajstić information content (AvgIpc) is 3.67. The second-order valence-electron chi connectivity index (χ2n) is 15.3. The number of non-ortho nitro benzene ring substituents is 1. The largest absolute Gasteiger partial charge is 0.308 e. The Hall–Kier alpha value is -7.21. The van der Waals surface area contributed by atoms with Gasteiger partial charge >= 0.3 is 0 Å². The van der Waals surface area contributed by atoms with Crippen molar-refractivity contribution in [1.29, 1.82) is 0 Å². The minimum Gasteiger partial charge on any atom is -0.308 e. The van der Waals surface area contributed by atoms with Gasteiger partial charge in [-0.3, -0.25) is 14.9 Å². The Morgan fingerprint density at radius 1 is 0.516 bits per heavy atom. The fraction of sp³-hybridized carbons (Fsp3) is 0.0556. The number of nitrogens with one attached hydrogen (secondary N) is 1. The zero-order valence-corrected chi connectivity index (χ0v) is 37.1. The van der Waals surface area contributed by atoms with E-state index in [9.17, 15) is 10.1 Å². The first-order valence-corrected chi connectivity index (χ1v) is 24.7. The Balaban J connectivity index is 1.22. The summed E-state index contributed by atoms with van der Waals surface area (Å²) in [5.41, 5.74) is 4.09. The standard InChI is InChI=1S/C54H46N6O2P2/c1-42-52(54(59(56-42)44-23-9-2-10-24-44)58-64(49-31-17-6-18-32-49,50-33-19-7-20-34-50)51-35-21-8-22-36-51)41-55-40-43-37-38-45(60(61)62)39-53(43)57-63(46-25-11-3-12-26-46,47-27-13-4-14-28-47)48-29-15-5-16-30-48/h2-39,55H,40-41H2,1H3. The van der Waals surface area contributed by atoms with E-state index < -0.39 is 14.1 Å². The predicted octanol–water partition coefficient (Wildman–Crippen LogP) is 11.0. The number of nitro benzene ring substituents is 1. The fourth-order valence-electron chi connectivity index (χ4n) is 8.24. The van der Waals surface area contributed by atoms with Crippen LogP contribution in [-0.2, 0) is 13.1 Å². The van der Waals surface area contributed by atoms with Gasteiger partial charge in [0.15, 0.2) is 5.82 Å². The Morgan fingerprint density at radius 2 is 0.891 bits per heavy atom. The number of benzene rings is 8. The molecule has 1 heterocycles. The lowest BCUT2D eigenvalue weighted by molar-refractivity contribution is -0.384. The molecular weight excluding hydrogens is 827 g/mol. The van der Waals surface area contributed by atoms with Gasteiger partial charge in [-0.1, -0.05) is 200 Å². The topological polar surface area (TPSA) is 97.7 Å². The van der Waals surface area contributed by atoms with Crippen LogP contribution in [0.5, 0.6) is 0 Å². The second kappa shape index (κ2) is 19.0. The van der Waals surface area contributed by atoms with Crippen molar-refractivity contribution in [2.75, 3.05) is 0 Å². The molecule has 9 rings (SSSR count). The second-order valence-corrected chi connectivity index (χ2v) is 21.3. The molecule has 0 aliphatic rings. The van der Waals surface area contributed by atoms with Gasteiger partial charge in [-0.15, -0.1) is 0 Å². The molecule has 0 radical (unpaired) electrons. The molecule has 0 fully saturated rings. The van der Waals surface area contributed by atoms with Crippen LogP contribution < -0.4 is 37.1 Å². The minimum absolute atomic E-state index is 0.0149. The number of hydrogen-bond donors (Lipinski definition) is 1. The van der Waals surface area contributed by atoms with Crippen LogP contribution in [-0.4, -0.2) is 14.7 Å². The summed E-state index contributed by atoms with van der Waals surface area (Å²) in [6.07, 6.45) is 0. The Labute approximate surface area is 374 Å². The van der Waals surface area contributed by atoms with Crippen molar-refractivity contribution in [3.63, 3.8) is 0 Å². The average molecular weight is 873 g/mol. The Morgan fingerprint density at radius 3 is 1.28 bits per heavy atom. The van der Waals surface area contributed by atoms with Gasteiger partial charge in [-0.05, 0) is 30.7 Å². The van der Waals surface area contributed by atoms with E-state index in [0.29, 0.717) is 18.8 Å². The van der Waals surface area contributed by atoms with Gasteiger partial charge in [0.25, 0.3) is 5.69 Å². The number of para-hydroxylation sites is 1. The van der Waals surface area contributed by atoms with E-state index in [1.165, 1.54) is 0 Å². The van der Waals surface area contributed by atoms with Crippen LogP contribution in [0.2, 0.25) is 0 Å². The van der Waals surface area contributed by atoms with E-state index in [0.717, 1.165) is 60.2 Å². The van der Waals surface area contributed by atoms with Crippen LogP contribution in [0.4, 0.5) is 17.2 Å². The molecule has 0 saturated heterocycles. The third-order valence-corrected chi connectivity index (χ3v) is 18.6. The maximum Gasteiger partial charge on any atom is 0.271 e. The van der Waals surface area contributed by atoms with Crippen molar-refractivity contribution in [2.24, 2.45) is 9.49 Å². The molecule has 0 aliphatic heterocycles. The molecule has 10 heteroatoms. The summed E-state index contributed by atoms with van der Waals surface area (Å²) in [6.45, 7) is 2.83. The molecule has 0 amide bonds. The van der Waals surface area contributed by atoms with Gasteiger partial charge in [0.2, 0.25) is 0 Å². The first-order valence-electron chi connectivity index (χ1n) is 21.2. The molecule has 1 N–H and O–H groups in total. The summed E-state index contributed by atoms with van der Waals surface area (Å²) in [5, 5.41) is 27.9. The van der Waals surface area contributed by atoms with E-state index in [4.69, 9.17) is 14.6 Å². The molecule has 314 valence electrons. The van der Waals surface area contributed by atoms with E-state index in [-0.39, 0.29) is 10.6 Å². The zero-order chi connectivity index (χ0) is 43.8. The lowest BCUT2D eigenvalue weighted by Gasteiger charge is -2.27. The molecule has 9 aromatic rings. The van der Waals surface area contributed by atoms with Crippen molar-refractivity contribution < 1.29 is 4.92 Å². The highest BCUT2D eigenvalue weighted by atomic mass is 31.2.